The topological polar surface area (TPSA) is 87.3 Å². The zero-order chi connectivity index (χ0) is 14.1. The summed E-state index contributed by atoms with van der Waals surface area (Å²) < 4.78 is 0. The van der Waals surface area contributed by atoms with Gasteiger partial charge < -0.3 is 10.0 Å². The van der Waals surface area contributed by atoms with Gasteiger partial charge in [-0.2, -0.15) is 4.98 Å². The molecule has 1 unspecified atom stereocenters. The lowest BCUT2D eigenvalue weighted by molar-refractivity contribution is 0.239. The van der Waals surface area contributed by atoms with E-state index >= 15 is 0 Å². The first-order valence-electron chi connectivity index (χ1n) is 6.85. The highest BCUT2D eigenvalue weighted by molar-refractivity contribution is 7.18. The molecule has 20 heavy (non-hydrogen) atoms. The minimum Gasteiger partial charge on any atom is -0.394 e. The molecule has 6 nitrogen and oxygen atoms in total. The molecule has 1 aliphatic heterocycles. The van der Waals surface area contributed by atoms with E-state index in [0.717, 1.165) is 41.8 Å². The van der Waals surface area contributed by atoms with Gasteiger partial charge >= 0.3 is 0 Å². The van der Waals surface area contributed by atoms with E-state index < -0.39 is 0 Å². The first-order valence-corrected chi connectivity index (χ1v) is 7.67. The van der Waals surface area contributed by atoms with Crippen molar-refractivity contribution in [3.05, 3.63) is 10.9 Å². The number of nitrogens with two attached hydrogens (primary N) is 1. The second-order valence-electron chi connectivity index (χ2n) is 5.12. The van der Waals surface area contributed by atoms with E-state index in [4.69, 9.17) is 5.84 Å². The van der Waals surface area contributed by atoms with E-state index in [1.807, 2.05) is 0 Å². The van der Waals surface area contributed by atoms with Crippen molar-refractivity contribution >= 4 is 33.3 Å². The van der Waals surface area contributed by atoms with Crippen LogP contribution in [0, 0.1) is 6.92 Å². The highest BCUT2D eigenvalue weighted by Gasteiger charge is 2.25. The molecule has 0 spiro atoms. The van der Waals surface area contributed by atoms with Gasteiger partial charge in [0, 0.05) is 11.4 Å². The number of aliphatic hydroxyl groups is 1. The molecule has 3 rings (SSSR count). The third-order valence-electron chi connectivity index (χ3n) is 3.73. The van der Waals surface area contributed by atoms with Crippen LogP contribution >= 0.6 is 11.3 Å². The van der Waals surface area contributed by atoms with Gasteiger partial charge in [-0.05, 0) is 32.3 Å². The van der Waals surface area contributed by atoms with Gasteiger partial charge in [0.25, 0.3) is 0 Å². The summed E-state index contributed by atoms with van der Waals surface area (Å²) in [6.45, 7) is 3.13. The average Bonchev–Trinajstić information content (AvgIpc) is 2.86. The van der Waals surface area contributed by atoms with E-state index in [1.165, 1.54) is 4.88 Å². The Morgan fingerprint density at radius 2 is 2.35 bits per heavy atom. The summed E-state index contributed by atoms with van der Waals surface area (Å²) in [7, 11) is 0. The van der Waals surface area contributed by atoms with Crippen LogP contribution in [0.4, 0.5) is 11.8 Å². The molecule has 0 aliphatic carbocycles. The van der Waals surface area contributed by atoms with Crippen molar-refractivity contribution in [2.24, 2.45) is 5.84 Å². The average molecular weight is 293 g/mol. The number of nitrogen functional groups attached to an aromatic ring is 1. The Kier molecular flexibility index (Phi) is 3.73. The Morgan fingerprint density at radius 1 is 1.50 bits per heavy atom. The lowest BCUT2D eigenvalue weighted by Gasteiger charge is -2.35. The fourth-order valence-corrected chi connectivity index (χ4v) is 3.65. The quantitative estimate of drug-likeness (QED) is 0.589. The molecular formula is C13H19N5OS. The first kappa shape index (κ1) is 13.5. The fourth-order valence-electron chi connectivity index (χ4n) is 2.78. The molecule has 1 saturated heterocycles. The van der Waals surface area contributed by atoms with Gasteiger partial charge in [0.1, 0.15) is 10.6 Å². The van der Waals surface area contributed by atoms with Gasteiger partial charge in [-0.3, -0.25) is 5.43 Å². The van der Waals surface area contributed by atoms with Crippen LogP contribution in [0.1, 0.15) is 24.1 Å². The van der Waals surface area contributed by atoms with Crippen molar-refractivity contribution in [2.45, 2.75) is 32.2 Å². The summed E-state index contributed by atoms with van der Waals surface area (Å²) in [5, 5.41) is 10.7. The van der Waals surface area contributed by atoms with Gasteiger partial charge in [0.15, 0.2) is 0 Å². The van der Waals surface area contributed by atoms with Gasteiger partial charge in [0.2, 0.25) is 5.95 Å². The van der Waals surface area contributed by atoms with Crippen LogP contribution in [0.25, 0.3) is 10.2 Å². The zero-order valence-electron chi connectivity index (χ0n) is 11.5. The molecule has 7 heteroatoms. The van der Waals surface area contributed by atoms with Gasteiger partial charge in [-0.25, -0.2) is 10.8 Å². The van der Waals surface area contributed by atoms with Crippen molar-refractivity contribution < 1.29 is 5.11 Å². The SMILES string of the molecule is Cc1cc2c(N3CCCCC3CO)nc(NN)nc2s1. The number of piperidine rings is 1. The van der Waals surface area contributed by atoms with Crippen molar-refractivity contribution in [2.75, 3.05) is 23.5 Å². The summed E-state index contributed by atoms with van der Waals surface area (Å²) in [6.07, 6.45) is 3.27. The predicted molar refractivity (Wildman–Crippen MR) is 82.0 cm³/mol. The summed E-state index contributed by atoms with van der Waals surface area (Å²) in [6, 6.07) is 2.24. The molecule has 0 saturated carbocycles. The number of nitrogens with zero attached hydrogens (tertiary/aromatic N) is 3. The molecule has 1 atom stereocenters. The maximum absolute atomic E-state index is 9.60. The number of fused-ring (bicyclic) bond motifs is 1. The number of rotatable bonds is 3. The summed E-state index contributed by atoms with van der Waals surface area (Å²) >= 11 is 1.63. The molecule has 2 aromatic rings. The number of anilines is 2. The largest absolute Gasteiger partial charge is 0.394 e. The summed E-state index contributed by atoms with van der Waals surface area (Å²) in [5.74, 6) is 6.78. The molecular weight excluding hydrogens is 274 g/mol. The highest BCUT2D eigenvalue weighted by atomic mass is 32.1. The van der Waals surface area contributed by atoms with Crippen LogP contribution in [0.15, 0.2) is 6.07 Å². The number of aromatic nitrogens is 2. The van der Waals surface area contributed by atoms with Crippen LogP contribution in [0.2, 0.25) is 0 Å². The summed E-state index contributed by atoms with van der Waals surface area (Å²) in [4.78, 5) is 13.3. The fraction of sp³-hybridized carbons (Fsp3) is 0.538. The number of hydrazine groups is 1. The van der Waals surface area contributed by atoms with E-state index in [0.29, 0.717) is 5.95 Å². The van der Waals surface area contributed by atoms with Gasteiger partial charge in [-0.1, -0.05) is 0 Å². The third kappa shape index (κ3) is 2.32. The minimum absolute atomic E-state index is 0.132. The van der Waals surface area contributed by atoms with E-state index in [2.05, 4.69) is 33.3 Å². The Hall–Kier alpha value is -1.44. The Bertz CT molecular complexity index is 614. The van der Waals surface area contributed by atoms with Crippen LogP contribution in [0.5, 0.6) is 0 Å². The van der Waals surface area contributed by atoms with Crippen LogP contribution in [0.3, 0.4) is 0 Å². The summed E-state index contributed by atoms with van der Waals surface area (Å²) in [5.41, 5.74) is 2.54. The number of aliphatic hydroxyl groups excluding tert-OH is 1. The lowest BCUT2D eigenvalue weighted by atomic mass is 10.0. The Labute approximate surface area is 121 Å². The van der Waals surface area contributed by atoms with Crippen LogP contribution < -0.4 is 16.2 Å². The van der Waals surface area contributed by atoms with E-state index in [-0.39, 0.29) is 12.6 Å². The number of hydrogen-bond acceptors (Lipinski definition) is 7. The third-order valence-corrected chi connectivity index (χ3v) is 4.68. The molecule has 0 radical (unpaired) electrons. The molecule has 0 bridgehead atoms. The number of aryl methyl sites for hydroxylation is 1. The number of thiophene rings is 1. The Morgan fingerprint density at radius 3 is 3.10 bits per heavy atom. The molecule has 1 aliphatic rings. The molecule has 4 N–H and O–H groups in total. The normalized spacial score (nSPS) is 19.6. The van der Waals surface area contributed by atoms with Crippen LogP contribution in [-0.2, 0) is 0 Å². The highest BCUT2D eigenvalue weighted by Crippen LogP contribution is 2.34. The predicted octanol–water partition coefficient (Wildman–Crippen LogP) is 1.64. The standard InChI is InChI=1S/C13H19N5OS/c1-8-6-10-11(15-13(17-14)16-12(10)20-8)18-5-3-2-4-9(18)7-19/h6,9,19H,2-5,7,14H2,1H3,(H,15,16,17). The Balaban J connectivity index is 2.12. The van der Waals surface area contributed by atoms with Crippen molar-refractivity contribution in [1.82, 2.24) is 9.97 Å². The van der Waals surface area contributed by atoms with Crippen molar-refractivity contribution in [3.63, 3.8) is 0 Å². The first-order chi connectivity index (χ1) is 9.72. The monoisotopic (exact) mass is 293 g/mol. The molecule has 108 valence electrons. The van der Waals surface area contributed by atoms with Crippen molar-refractivity contribution in [3.8, 4) is 0 Å². The second-order valence-corrected chi connectivity index (χ2v) is 6.35. The molecule has 1 fully saturated rings. The van der Waals surface area contributed by atoms with Crippen molar-refractivity contribution in [1.29, 1.82) is 0 Å². The van der Waals surface area contributed by atoms with Gasteiger partial charge in [0.05, 0.1) is 18.0 Å². The second kappa shape index (κ2) is 5.51. The molecule has 2 aromatic heterocycles. The number of nitrogens with one attached hydrogen (secondary N) is 1. The van der Waals surface area contributed by atoms with Gasteiger partial charge in [-0.15, -0.1) is 11.3 Å². The minimum atomic E-state index is 0.132. The molecule has 0 aromatic carbocycles. The van der Waals surface area contributed by atoms with E-state index in [9.17, 15) is 5.11 Å². The molecule has 0 amide bonds. The maximum atomic E-state index is 9.60. The smallest absolute Gasteiger partial charge is 0.240 e. The molecule has 3 heterocycles. The van der Waals surface area contributed by atoms with Crippen LogP contribution in [-0.4, -0.2) is 34.3 Å². The lowest BCUT2D eigenvalue weighted by Crippen LogP contribution is -2.42. The maximum Gasteiger partial charge on any atom is 0.240 e. The number of hydrogen-bond donors (Lipinski definition) is 3. The van der Waals surface area contributed by atoms with E-state index in [1.54, 1.807) is 11.3 Å². The zero-order valence-corrected chi connectivity index (χ0v) is 12.3.